The smallest absolute Gasteiger partial charge is 0.253 e. The highest BCUT2D eigenvalue weighted by Crippen LogP contribution is 2.14. The van der Waals surface area contributed by atoms with Gasteiger partial charge in [0.15, 0.2) is 0 Å². The minimum Gasteiger partial charge on any atom is -0.391 e. The van der Waals surface area contributed by atoms with Crippen LogP contribution >= 0.6 is 0 Å². The molecule has 4 nitrogen and oxygen atoms in total. The Morgan fingerprint density at radius 2 is 2.12 bits per heavy atom. The highest BCUT2D eigenvalue weighted by molar-refractivity contribution is 5.94. The fraction of sp³-hybridized carbons (Fsp3) is 0.385. The number of carbonyl (C=O) groups is 1. The third-order valence-electron chi connectivity index (χ3n) is 2.94. The molecule has 0 aliphatic carbocycles. The van der Waals surface area contributed by atoms with Crippen molar-refractivity contribution in [2.45, 2.75) is 18.9 Å². The van der Waals surface area contributed by atoms with Gasteiger partial charge in [-0.2, -0.15) is 5.26 Å². The number of benzene rings is 1. The van der Waals surface area contributed by atoms with E-state index in [0.29, 0.717) is 24.2 Å². The van der Waals surface area contributed by atoms with Crippen molar-refractivity contribution < 1.29 is 9.90 Å². The van der Waals surface area contributed by atoms with Crippen molar-refractivity contribution in [3.63, 3.8) is 0 Å². The number of rotatable bonds is 1. The third-order valence-corrected chi connectivity index (χ3v) is 2.94. The third kappa shape index (κ3) is 2.63. The molecule has 1 atom stereocenters. The Balaban J connectivity index is 2.11. The van der Waals surface area contributed by atoms with Crippen molar-refractivity contribution in [1.29, 1.82) is 5.26 Å². The number of piperidine rings is 1. The predicted octanol–water partition coefficient (Wildman–Crippen LogP) is 1.16. The highest BCUT2D eigenvalue weighted by Gasteiger charge is 2.22. The van der Waals surface area contributed by atoms with Crippen LogP contribution in [0.2, 0.25) is 0 Å². The lowest BCUT2D eigenvalue weighted by Crippen LogP contribution is -2.42. The molecular formula is C13H14N2O2. The van der Waals surface area contributed by atoms with Crippen LogP contribution in [0.25, 0.3) is 0 Å². The number of aliphatic hydroxyl groups is 1. The van der Waals surface area contributed by atoms with Crippen LogP contribution in [-0.4, -0.2) is 35.1 Å². The van der Waals surface area contributed by atoms with E-state index < -0.39 is 6.10 Å². The van der Waals surface area contributed by atoms with Gasteiger partial charge >= 0.3 is 0 Å². The molecular weight excluding hydrogens is 216 g/mol. The molecule has 0 saturated carbocycles. The van der Waals surface area contributed by atoms with Gasteiger partial charge in [0, 0.05) is 18.7 Å². The zero-order valence-corrected chi connectivity index (χ0v) is 9.47. The van der Waals surface area contributed by atoms with Gasteiger partial charge in [-0.25, -0.2) is 0 Å². The molecule has 0 unspecified atom stereocenters. The van der Waals surface area contributed by atoms with Crippen LogP contribution in [0.15, 0.2) is 24.3 Å². The Kier molecular flexibility index (Phi) is 3.40. The van der Waals surface area contributed by atoms with Crippen molar-refractivity contribution in [1.82, 2.24) is 4.90 Å². The highest BCUT2D eigenvalue weighted by atomic mass is 16.3. The van der Waals surface area contributed by atoms with E-state index in [9.17, 15) is 9.90 Å². The van der Waals surface area contributed by atoms with E-state index in [-0.39, 0.29) is 5.91 Å². The van der Waals surface area contributed by atoms with Gasteiger partial charge in [-0.05, 0) is 37.1 Å². The number of hydrogen-bond acceptors (Lipinski definition) is 3. The molecule has 0 radical (unpaired) electrons. The Bertz CT molecular complexity index is 447. The van der Waals surface area contributed by atoms with E-state index >= 15 is 0 Å². The number of nitrogens with zero attached hydrogens (tertiary/aromatic N) is 2. The van der Waals surface area contributed by atoms with Gasteiger partial charge in [-0.3, -0.25) is 4.79 Å². The summed E-state index contributed by atoms with van der Waals surface area (Å²) in [6.45, 7) is 1.09. The lowest BCUT2D eigenvalue weighted by Gasteiger charge is -2.30. The molecule has 1 amide bonds. The summed E-state index contributed by atoms with van der Waals surface area (Å²) in [5, 5.41) is 18.2. The van der Waals surface area contributed by atoms with Crippen LogP contribution in [0.4, 0.5) is 0 Å². The molecule has 1 N–H and O–H groups in total. The first-order valence-corrected chi connectivity index (χ1v) is 5.68. The molecule has 1 saturated heterocycles. The number of β-amino-alcohol motifs (C(OH)–C–C–N with tert-alkyl or cyclic N) is 1. The second kappa shape index (κ2) is 4.98. The monoisotopic (exact) mass is 230 g/mol. The van der Waals surface area contributed by atoms with E-state index in [4.69, 9.17) is 5.26 Å². The fourth-order valence-corrected chi connectivity index (χ4v) is 2.01. The molecule has 0 aromatic heterocycles. The second-order valence-electron chi connectivity index (χ2n) is 4.24. The minimum atomic E-state index is -0.411. The molecule has 1 heterocycles. The average Bonchev–Trinajstić information content (AvgIpc) is 2.38. The molecule has 1 fully saturated rings. The maximum absolute atomic E-state index is 12.1. The van der Waals surface area contributed by atoms with Crippen LogP contribution in [0.3, 0.4) is 0 Å². The lowest BCUT2D eigenvalue weighted by molar-refractivity contribution is 0.0474. The Hall–Kier alpha value is -1.86. The van der Waals surface area contributed by atoms with E-state index in [1.807, 2.05) is 6.07 Å². The first kappa shape index (κ1) is 11.6. The van der Waals surface area contributed by atoms with Crippen molar-refractivity contribution in [3.05, 3.63) is 35.4 Å². The van der Waals surface area contributed by atoms with Gasteiger partial charge in [0.25, 0.3) is 5.91 Å². The quantitative estimate of drug-likeness (QED) is 0.787. The molecule has 0 bridgehead atoms. The SMILES string of the molecule is N#Cc1ccc(C(=O)N2CCC[C@@H](O)C2)cc1. The standard InChI is InChI=1S/C13H14N2O2/c14-8-10-3-5-11(6-4-10)13(17)15-7-1-2-12(16)9-15/h3-6,12,16H,1-2,7,9H2/t12-/m1/s1. The largest absolute Gasteiger partial charge is 0.391 e. The maximum atomic E-state index is 12.1. The first-order valence-electron chi connectivity index (χ1n) is 5.68. The minimum absolute atomic E-state index is 0.0757. The van der Waals surface area contributed by atoms with Crippen LogP contribution in [0.1, 0.15) is 28.8 Å². The van der Waals surface area contributed by atoms with Gasteiger partial charge in [-0.15, -0.1) is 0 Å². The molecule has 1 aromatic rings. The van der Waals surface area contributed by atoms with Gasteiger partial charge in [0.1, 0.15) is 0 Å². The van der Waals surface area contributed by atoms with E-state index in [2.05, 4.69) is 0 Å². The van der Waals surface area contributed by atoms with Crippen LogP contribution in [0, 0.1) is 11.3 Å². The average molecular weight is 230 g/mol. The molecule has 1 aliphatic heterocycles. The van der Waals surface area contributed by atoms with Gasteiger partial charge in [0.2, 0.25) is 0 Å². The van der Waals surface area contributed by atoms with Crippen molar-refractivity contribution >= 4 is 5.91 Å². The Morgan fingerprint density at radius 3 is 2.71 bits per heavy atom. The van der Waals surface area contributed by atoms with Crippen LogP contribution in [-0.2, 0) is 0 Å². The predicted molar refractivity (Wildman–Crippen MR) is 62.3 cm³/mol. The molecule has 1 aliphatic rings. The van der Waals surface area contributed by atoms with Gasteiger partial charge in [-0.1, -0.05) is 0 Å². The Labute approximate surface area is 100 Å². The zero-order chi connectivity index (χ0) is 12.3. The van der Waals surface area contributed by atoms with Crippen molar-refractivity contribution in [3.8, 4) is 6.07 Å². The summed E-state index contributed by atoms with van der Waals surface area (Å²) in [6.07, 6.45) is 1.19. The summed E-state index contributed by atoms with van der Waals surface area (Å²) in [5.41, 5.74) is 1.11. The zero-order valence-electron chi connectivity index (χ0n) is 9.47. The van der Waals surface area contributed by atoms with Gasteiger partial charge < -0.3 is 10.0 Å². The van der Waals surface area contributed by atoms with E-state index in [1.54, 1.807) is 29.2 Å². The van der Waals surface area contributed by atoms with Crippen molar-refractivity contribution in [2.75, 3.05) is 13.1 Å². The number of hydrogen-bond donors (Lipinski definition) is 1. The topological polar surface area (TPSA) is 64.3 Å². The fourth-order valence-electron chi connectivity index (χ4n) is 2.01. The summed E-state index contributed by atoms with van der Waals surface area (Å²) in [7, 11) is 0. The lowest BCUT2D eigenvalue weighted by atomic mass is 10.1. The number of amides is 1. The summed E-state index contributed by atoms with van der Waals surface area (Å²) in [6, 6.07) is 8.59. The molecule has 4 heteroatoms. The van der Waals surface area contributed by atoms with Crippen LogP contribution < -0.4 is 0 Å². The molecule has 17 heavy (non-hydrogen) atoms. The van der Waals surface area contributed by atoms with E-state index in [0.717, 1.165) is 12.8 Å². The summed E-state index contributed by atoms with van der Waals surface area (Å²) < 4.78 is 0. The van der Waals surface area contributed by atoms with E-state index in [1.165, 1.54) is 0 Å². The number of nitriles is 1. The molecule has 88 valence electrons. The molecule has 0 spiro atoms. The molecule has 1 aromatic carbocycles. The molecule has 2 rings (SSSR count). The number of carbonyl (C=O) groups excluding carboxylic acids is 1. The number of aliphatic hydroxyl groups excluding tert-OH is 1. The maximum Gasteiger partial charge on any atom is 0.253 e. The normalized spacial score (nSPS) is 19.8. The number of likely N-dealkylation sites (tertiary alicyclic amines) is 1. The van der Waals surface area contributed by atoms with Crippen LogP contribution in [0.5, 0.6) is 0 Å². The van der Waals surface area contributed by atoms with Crippen molar-refractivity contribution in [2.24, 2.45) is 0 Å². The summed E-state index contributed by atoms with van der Waals surface area (Å²) in [4.78, 5) is 13.7. The summed E-state index contributed by atoms with van der Waals surface area (Å²) >= 11 is 0. The second-order valence-corrected chi connectivity index (χ2v) is 4.24. The Morgan fingerprint density at radius 1 is 1.41 bits per heavy atom. The summed E-state index contributed by atoms with van der Waals surface area (Å²) in [5.74, 6) is -0.0757. The first-order chi connectivity index (χ1) is 8.20. The van der Waals surface area contributed by atoms with Gasteiger partial charge in [0.05, 0.1) is 17.7 Å².